The highest BCUT2D eigenvalue weighted by atomic mass is 127. The third kappa shape index (κ3) is 5.13. The summed E-state index contributed by atoms with van der Waals surface area (Å²) in [5, 5.41) is 21.1. The lowest BCUT2D eigenvalue weighted by molar-refractivity contribution is -0.137. The number of carbonyl (C=O) groups is 2. The molecule has 0 radical (unpaired) electrons. The first kappa shape index (κ1) is 16.5. The molecule has 1 aromatic carbocycles. The monoisotopic (exact) mass is 489 g/mol. The molecule has 5 nitrogen and oxygen atoms in total. The van der Waals surface area contributed by atoms with Gasteiger partial charge in [-0.05, 0) is 70.7 Å². The molecule has 0 bridgehead atoms. The summed E-state index contributed by atoms with van der Waals surface area (Å²) in [7, 11) is 0. The van der Waals surface area contributed by atoms with Crippen LogP contribution < -0.4 is 5.32 Å². The molecule has 1 atom stereocenters. The van der Waals surface area contributed by atoms with Gasteiger partial charge in [0.15, 0.2) is 0 Å². The Labute approximate surface area is 138 Å². The highest BCUT2D eigenvalue weighted by Gasteiger charge is 2.17. The van der Waals surface area contributed by atoms with Crippen LogP contribution in [-0.2, 0) is 4.79 Å². The maximum absolute atomic E-state index is 12.0. The van der Waals surface area contributed by atoms with Crippen LogP contribution in [0.3, 0.4) is 0 Å². The van der Waals surface area contributed by atoms with E-state index in [1.54, 1.807) is 19.1 Å². The number of hydrogen-bond donors (Lipinski definition) is 3. The van der Waals surface area contributed by atoms with Gasteiger partial charge in [0.05, 0.1) is 9.13 Å². The lowest BCUT2D eigenvalue weighted by Crippen LogP contribution is -2.33. The van der Waals surface area contributed by atoms with E-state index in [-0.39, 0.29) is 23.8 Å². The summed E-state index contributed by atoms with van der Waals surface area (Å²) in [6.45, 7) is 1.73. The standard InChI is InChI=1S/C12H13I2NO4/c1-6(2-3-10(16)17)15-12(19)8-4-7(13)5-9(14)11(8)18/h4-6,18H,2-3H2,1H3,(H,15,19)(H,16,17). The minimum absolute atomic E-state index is 0.00269. The zero-order valence-corrected chi connectivity index (χ0v) is 14.4. The summed E-state index contributed by atoms with van der Waals surface area (Å²) >= 11 is 4.02. The molecule has 0 fully saturated rings. The maximum Gasteiger partial charge on any atom is 0.303 e. The maximum atomic E-state index is 12.0. The van der Waals surface area contributed by atoms with Crippen molar-refractivity contribution in [3.05, 3.63) is 24.8 Å². The molecule has 0 heterocycles. The van der Waals surface area contributed by atoms with Crippen molar-refractivity contribution >= 4 is 57.1 Å². The highest BCUT2D eigenvalue weighted by molar-refractivity contribution is 14.1. The van der Waals surface area contributed by atoms with Crippen LogP contribution in [0.15, 0.2) is 12.1 Å². The van der Waals surface area contributed by atoms with E-state index in [9.17, 15) is 14.7 Å². The summed E-state index contributed by atoms with van der Waals surface area (Å²) in [6, 6.07) is 3.09. The molecular weight excluding hydrogens is 476 g/mol. The molecule has 1 aromatic rings. The Bertz CT molecular complexity index is 505. The average molecular weight is 489 g/mol. The molecule has 1 unspecified atom stereocenters. The van der Waals surface area contributed by atoms with Crippen molar-refractivity contribution in [2.75, 3.05) is 0 Å². The van der Waals surface area contributed by atoms with Gasteiger partial charge in [-0.15, -0.1) is 0 Å². The number of amides is 1. The second kappa shape index (κ2) is 7.27. The van der Waals surface area contributed by atoms with Crippen LogP contribution >= 0.6 is 45.2 Å². The molecule has 104 valence electrons. The van der Waals surface area contributed by atoms with E-state index in [2.05, 4.69) is 27.9 Å². The summed E-state index contributed by atoms with van der Waals surface area (Å²) in [5.41, 5.74) is 0.207. The quantitative estimate of drug-likeness (QED) is 0.556. The number of phenols is 1. The first-order valence-corrected chi connectivity index (χ1v) is 7.67. The van der Waals surface area contributed by atoms with Crippen LogP contribution in [0, 0.1) is 7.14 Å². The van der Waals surface area contributed by atoms with E-state index in [1.807, 2.05) is 22.6 Å². The van der Waals surface area contributed by atoms with Crippen molar-refractivity contribution in [1.82, 2.24) is 5.32 Å². The number of hydrogen-bond acceptors (Lipinski definition) is 3. The molecule has 0 aliphatic carbocycles. The zero-order valence-electron chi connectivity index (χ0n) is 10.1. The summed E-state index contributed by atoms with van der Waals surface area (Å²) in [4.78, 5) is 22.4. The molecule has 0 aliphatic heterocycles. The molecule has 1 amide bonds. The van der Waals surface area contributed by atoms with Crippen molar-refractivity contribution in [1.29, 1.82) is 0 Å². The number of halogens is 2. The number of carbonyl (C=O) groups excluding carboxylic acids is 1. The van der Waals surface area contributed by atoms with Crippen LogP contribution in [0.2, 0.25) is 0 Å². The first-order chi connectivity index (χ1) is 8.81. The predicted molar refractivity (Wildman–Crippen MR) is 87.3 cm³/mol. The molecule has 3 N–H and O–H groups in total. The smallest absolute Gasteiger partial charge is 0.303 e. The normalized spacial score (nSPS) is 11.9. The zero-order chi connectivity index (χ0) is 14.6. The third-order valence-corrected chi connectivity index (χ3v) is 3.89. The molecule has 0 saturated carbocycles. The second-order valence-corrected chi connectivity index (χ2v) is 6.50. The number of rotatable bonds is 5. The Morgan fingerprint density at radius 1 is 1.37 bits per heavy atom. The van der Waals surface area contributed by atoms with Gasteiger partial charge in [-0.1, -0.05) is 0 Å². The van der Waals surface area contributed by atoms with Crippen molar-refractivity contribution in [3.8, 4) is 5.75 Å². The van der Waals surface area contributed by atoms with Crippen molar-refractivity contribution < 1.29 is 19.8 Å². The number of carboxylic acids is 1. The number of aliphatic carboxylic acids is 1. The van der Waals surface area contributed by atoms with Crippen molar-refractivity contribution in [3.63, 3.8) is 0 Å². The van der Waals surface area contributed by atoms with Crippen molar-refractivity contribution in [2.24, 2.45) is 0 Å². The molecule has 0 aliphatic rings. The van der Waals surface area contributed by atoms with Gasteiger partial charge in [0.25, 0.3) is 5.91 Å². The van der Waals surface area contributed by atoms with E-state index >= 15 is 0 Å². The van der Waals surface area contributed by atoms with Crippen LogP contribution in [0.1, 0.15) is 30.1 Å². The Hall–Kier alpha value is -0.580. The molecule has 0 spiro atoms. The Balaban J connectivity index is 2.76. The van der Waals surface area contributed by atoms with Gasteiger partial charge in [-0.25, -0.2) is 0 Å². The van der Waals surface area contributed by atoms with Gasteiger partial charge in [-0.2, -0.15) is 0 Å². The van der Waals surface area contributed by atoms with E-state index in [0.29, 0.717) is 9.99 Å². The van der Waals surface area contributed by atoms with Crippen LogP contribution in [0.4, 0.5) is 0 Å². The van der Waals surface area contributed by atoms with E-state index in [0.717, 1.165) is 3.57 Å². The Morgan fingerprint density at radius 3 is 2.58 bits per heavy atom. The fraction of sp³-hybridized carbons (Fsp3) is 0.333. The Kier molecular flexibility index (Phi) is 6.30. The molecule has 19 heavy (non-hydrogen) atoms. The topological polar surface area (TPSA) is 86.6 Å². The SMILES string of the molecule is CC(CCC(=O)O)NC(=O)c1cc(I)cc(I)c1O. The van der Waals surface area contributed by atoms with Gasteiger partial charge in [-0.3, -0.25) is 9.59 Å². The van der Waals surface area contributed by atoms with E-state index in [4.69, 9.17) is 5.11 Å². The number of aromatic hydroxyl groups is 1. The second-order valence-electron chi connectivity index (χ2n) is 4.09. The molecule has 7 heteroatoms. The number of benzene rings is 1. The van der Waals surface area contributed by atoms with E-state index < -0.39 is 11.9 Å². The van der Waals surface area contributed by atoms with Gasteiger partial charge in [0, 0.05) is 16.0 Å². The number of carboxylic acid groups (broad SMARTS) is 1. The largest absolute Gasteiger partial charge is 0.506 e. The highest BCUT2D eigenvalue weighted by Crippen LogP contribution is 2.27. The van der Waals surface area contributed by atoms with Gasteiger partial charge >= 0.3 is 5.97 Å². The molecule has 0 saturated heterocycles. The lowest BCUT2D eigenvalue weighted by atomic mass is 10.1. The fourth-order valence-electron chi connectivity index (χ4n) is 1.45. The van der Waals surface area contributed by atoms with Crippen molar-refractivity contribution in [2.45, 2.75) is 25.8 Å². The predicted octanol–water partition coefficient (Wildman–Crippen LogP) is 2.58. The van der Waals surface area contributed by atoms with Gasteiger partial charge < -0.3 is 15.5 Å². The van der Waals surface area contributed by atoms with Crippen LogP contribution in [0.25, 0.3) is 0 Å². The fourth-order valence-corrected chi connectivity index (χ4v) is 3.30. The number of nitrogens with one attached hydrogen (secondary N) is 1. The minimum atomic E-state index is -0.896. The van der Waals surface area contributed by atoms with Gasteiger partial charge in [0.1, 0.15) is 5.75 Å². The molecule has 1 rings (SSSR count). The van der Waals surface area contributed by atoms with Gasteiger partial charge in [0.2, 0.25) is 0 Å². The molecular formula is C12H13I2NO4. The average Bonchev–Trinajstić information content (AvgIpc) is 2.31. The number of phenolic OH excluding ortho intramolecular Hbond substituents is 1. The molecule has 0 aromatic heterocycles. The summed E-state index contributed by atoms with van der Waals surface area (Å²) in [5.74, 6) is -1.34. The lowest BCUT2D eigenvalue weighted by Gasteiger charge is -2.14. The van der Waals surface area contributed by atoms with E-state index in [1.165, 1.54) is 0 Å². The Morgan fingerprint density at radius 2 is 2.00 bits per heavy atom. The van der Waals surface area contributed by atoms with Crippen LogP contribution in [0.5, 0.6) is 5.75 Å². The third-order valence-electron chi connectivity index (χ3n) is 2.44. The summed E-state index contributed by atoms with van der Waals surface area (Å²) < 4.78 is 1.45. The first-order valence-electron chi connectivity index (χ1n) is 5.52. The summed E-state index contributed by atoms with van der Waals surface area (Å²) in [6.07, 6.45) is 0.347. The minimum Gasteiger partial charge on any atom is -0.506 e. The van der Waals surface area contributed by atoms with Crippen LogP contribution in [-0.4, -0.2) is 28.1 Å².